The van der Waals surface area contributed by atoms with Crippen molar-refractivity contribution < 1.29 is 18.5 Å². The molecule has 0 spiro atoms. The third-order valence-electron chi connectivity index (χ3n) is 3.19. The van der Waals surface area contributed by atoms with Gasteiger partial charge in [0.05, 0.1) is 11.3 Å². The van der Waals surface area contributed by atoms with Crippen LogP contribution < -0.4 is 9.88 Å². The van der Waals surface area contributed by atoms with E-state index < -0.39 is 11.9 Å². The van der Waals surface area contributed by atoms with Crippen molar-refractivity contribution in [2.45, 2.75) is 19.9 Å². The Morgan fingerprint density at radius 1 is 1.19 bits per heavy atom. The SMILES string of the molecule is CC(=O)c1ccc[n+]([C@H](C)C(=O)Nc2ccccc2F)c1. The first-order valence-electron chi connectivity index (χ1n) is 6.56. The minimum Gasteiger partial charge on any atom is -0.318 e. The number of ketones is 1. The number of pyridine rings is 1. The first-order valence-corrected chi connectivity index (χ1v) is 6.56. The van der Waals surface area contributed by atoms with Crippen LogP contribution in [-0.4, -0.2) is 11.7 Å². The average Bonchev–Trinajstić information content (AvgIpc) is 2.49. The van der Waals surface area contributed by atoms with E-state index in [-0.39, 0.29) is 17.4 Å². The van der Waals surface area contributed by atoms with Gasteiger partial charge in [0, 0.05) is 13.0 Å². The van der Waals surface area contributed by atoms with Crippen molar-refractivity contribution in [1.82, 2.24) is 0 Å². The molecular weight excluding hydrogens is 271 g/mol. The number of amides is 1. The van der Waals surface area contributed by atoms with Crippen LogP contribution in [0.1, 0.15) is 30.2 Å². The van der Waals surface area contributed by atoms with E-state index in [1.807, 2.05) is 0 Å². The highest BCUT2D eigenvalue weighted by atomic mass is 19.1. The van der Waals surface area contributed by atoms with Crippen molar-refractivity contribution >= 4 is 17.4 Å². The number of carbonyl (C=O) groups excluding carboxylic acids is 2. The second-order valence-corrected chi connectivity index (χ2v) is 4.74. The molecular formula is C16H16FN2O2+. The molecule has 0 fully saturated rings. The minimum atomic E-state index is -0.566. The van der Waals surface area contributed by atoms with Gasteiger partial charge in [-0.25, -0.2) is 4.39 Å². The molecule has 0 bridgehead atoms. The molecule has 2 aromatic rings. The lowest BCUT2D eigenvalue weighted by atomic mass is 10.2. The molecule has 0 aliphatic heterocycles. The van der Waals surface area contributed by atoms with Gasteiger partial charge >= 0.3 is 0 Å². The molecule has 1 aromatic carbocycles. The highest BCUT2D eigenvalue weighted by molar-refractivity contribution is 5.94. The van der Waals surface area contributed by atoms with Crippen molar-refractivity contribution in [2.75, 3.05) is 5.32 Å². The number of hydrogen-bond donors (Lipinski definition) is 1. The quantitative estimate of drug-likeness (QED) is 0.694. The maximum absolute atomic E-state index is 13.5. The zero-order valence-electron chi connectivity index (χ0n) is 11.8. The van der Waals surface area contributed by atoms with Gasteiger partial charge in [-0.05, 0) is 25.1 Å². The van der Waals surface area contributed by atoms with Crippen molar-refractivity contribution in [3.05, 3.63) is 60.2 Å². The van der Waals surface area contributed by atoms with Gasteiger partial charge in [-0.15, -0.1) is 0 Å². The van der Waals surface area contributed by atoms with Crippen LogP contribution in [0.25, 0.3) is 0 Å². The fraction of sp³-hybridized carbons (Fsp3) is 0.188. The van der Waals surface area contributed by atoms with Crippen molar-refractivity contribution in [1.29, 1.82) is 0 Å². The summed E-state index contributed by atoms with van der Waals surface area (Å²) in [5, 5.41) is 2.54. The van der Waals surface area contributed by atoms with Crippen LogP contribution in [0.15, 0.2) is 48.8 Å². The van der Waals surface area contributed by atoms with Crippen LogP contribution in [0.4, 0.5) is 10.1 Å². The zero-order valence-corrected chi connectivity index (χ0v) is 11.8. The highest BCUT2D eigenvalue weighted by Gasteiger charge is 2.23. The number of halogens is 1. The Kier molecular flexibility index (Phi) is 4.42. The molecule has 1 N–H and O–H groups in total. The maximum atomic E-state index is 13.5. The van der Waals surface area contributed by atoms with Gasteiger partial charge < -0.3 is 5.32 Å². The van der Waals surface area contributed by atoms with Crippen LogP contribution in [0.5, 0.6) is 0 Å². The molecule has 5 heteroatoms. The van der Waals surface area contributed by atoms with Gasteiger partial charge in [0.15, 0.2) is 18.2 Å². The monoisotopic (exact) mass is 287 g/mol. The first kappa shape index (κ1) is 14.8. The van der Waals surface area contributed by atoms with Gasteiger partial charge in [-0.3, -0.25) is 9.59 Å². The zero-order chi connectivity index (χ0) is 15.4. The molecule has 0 aliphatic rings. The predicted octanol–water partition coefficient (Wildman–Crippen LogP) is 2.52. The largest absolute Gasteiger partial charge is 0.318 e. The fourth-order valence-corrected chi connectivity index (χ4v) is 1.88. The highest BCUT2D eigenvalue weighted by Crippen LogP contribution is 2.13. The van der Waals surface area contributed by atoms with E-state index in [9.17, 15) is 14.0 Å². The van der Waals surface area contributed by atoms with Crippen LogP contribution in [0, 0.1) is 5.82 Å². The number of nitrogens with zero attached hydrogens (tertiary/aromatic N) is 1. The summed E-state index contributed by atoms with van der Waals surface area (Å²) in [5.41, 5.74) is 0.653. The Labute approximate surface area is 122 Å². The molecule has 1 atom stereocenters. The number of Topliss-reactive ketones (excluding diaryl/α,β-unsaturated/α-hetero) is 1. The minimum absolute atomic E-state index is 0.0777. The van der Waals surface area contributed by atoms with Crippen LogP contribution in [-0.2, 0) is 4.79 Å². The Morgan fingerprint density at radius 2 is 1.90 bits per heavy atom. The summed E-state index contributed by atoms with van der Waals surface area (Å²) >= 11 is 0. The van der Waals surface area contributed by atoms with Crippen molar-refractivity contribution in [3.8, 4) is 0 Å². The normalized spacial score (nSPS) is 11.8. The number of aromatic nitrogens is 1. The lowest BCUT2D eigenvalue weighted by Gasteiger charge is -2.09. The molecule has 0 saturated heterocycles. The summed E-state index contributed by atoms with van der Waals surface area (Å²) in [5.74, 6) is -0.919. The molecule has 1 heterocycles. The van der Waals surface area contributed by atoms with E-state index in [0.29, 0.717) is 5.56 Å². The third-order valence-corrected chi connectivity index (χ3v) is 3.19. The fourth-order valence-electron chi connectivity index (χ4n) is 1.88. The Hall–Kier alpha value is -2.56. The number of anilines is 1. The van der Waals surface area contributed by atoms with Crippen molar-refractivity contribution in [3.63, 3.8) is 0 Å². The molecule has 21 heavy (non-hydrogen) atoms. The smallest absolute Gasteiger partial charge is 0.293 e. The van der Waals surface area contributed by atoms with Gasteiger partial charge in [0.2, 0.25) is 6.04 Å². The summed E-state index contributed by atoms with van der Waals surface area (Å²) < 4.78 is 15.1. The van der Waals surface area contributed by atoms with Gasteiger partial charge in [0.25, 0.3) is 5.91 Å². The molecule has 1 amide bonds. The van der Waals surface area contributed by atoms with Crippen molar-refractivity contribution in [2.24, 2.45) is 0 Å². The molecule has 108 valence electrons. The Bertz CT molecular complexity index is 685. The molecule has 0 saturated carbocycles. The molecule has 4 nitrogen and oxygen atoms in total. The lowest BCUT2D eigenvalue weighted by molar-refractivity contribution is -0.705. The summed E-state index contributed by atoms with van der Waals surface area (Å²) in [6.45, 7) is 3.14. The number of carbonyl (C=O) groups is 2. The first-order chi connectivity index (χ1) is 9.99. The summed E-state index contributed by atoms with van der Waals surface area (Å²) in [4.78, 5) is 23.5. The predicted molar refractivity (Wildman–Crippen MR) is 76.4 cm³/mol. The van der Waals surface area contributed by atoms with Crippen LogP contribution >= 0.6 is 0 Å². The average molecular weight is 287 g/mol. The van der Waals surface area contributed by atoms with Crippen LogP contribution in [0.2, 0.25) is 0 Å². The Morgan fingerprint density at radius 3 is 2.57 bits per heavy atom. The van der Waals surface area contributed by atoms with Crippen LogP contribution in [0.3, 0.4) is 0 Å². The lowest BCUT2D eigenvalue weighted by Crippen LogP contribution is -2.44. The van der Waals surface area contributed by atoms with Gasteiger partial charge in [0.1, 0.15) is 5.82 Å². The van der Waals surface area contributed by atoms with E-state index in [1.54, 1.807) is 48.1 Å². The molecule has 1 aromatic heterocycles. The second-order valence-electron chi connectivity index (χ2n) is 4.74. The number of rotatable bonds is 4. The third kappa shape index (κ3) is 3.51. The summed E-state index contributed by atoms with van der Waals surface area (Å²) in [6.07, 6.45) is 3.30. The topological polar surface area (TPSA) is 50.0 Å². The maximum Gasteiger partial charge on any atom is 0.293 e. The number of benzene rings is 1. The second kappa shape index (κ2) is 6.26. The molecule has 0 radical (unpaired) electrons. The van der Waals surface area contributed by atoms with Gasteiger partial charge in [-0.1, -0.05) is 12.1 Å². The van der Waals surface area contributed by atoms with E-state index in [1.165, 1.54) is 19.1 Å². The molecule has 2 rings (SSSR count). The van der Waals surface area contributed by atoms with E-state index >= 15 is 0 Å². The van der Waals surface area contributed by atoms with E-state index in [0.717, 1.165) is 0 Å². The summed E-state index contributed by atoms with van der Waals surface area (Å²) in [6, 6.07) is 8.79. The van der Waals surface area contributed by atoms with E-state index in [2.05, 4.69) is 5.32 Å². The summed E-state index contributed by atoms with van der Waals surface area (Å²) in [7, 11) is 0. The van der Waals surface area contributed by atoms with E-state index in [4.69, 9.17) is 0 Å². The molecule has 0 unspecified atom stereocenters. The Balaban J connectivity index is 2.18. The number of para-hydroxylation sites is 1. The standard InChI is InChI=1S/C16H15FN2O2/c1-11(19-9-5-6-13(10-19)12(2)20)16(21)18-15-8-4-3-7-14(15)17/h3-11H,1-2H3/p+1/t11-/m1/s1. The van der Waals surface area contributed by atoms with Gasteiger partial charge in [-0.2, -0.15) is 4.57 Å². The number of nitrogens with one attached hydrogen (secondary N) is 1. The molecule has 0 aliphatic carbocycles. The number of hydrogen-bond acceptors (Lipinski definition) is 2.